The summed E-state index contributed by atoms with van der Waals surface area (Å²) in [7, 11) is 1.33. The molecule has 0 saturated heterocycles. The molecule has 3 nitrogen and oxygen atoms in total. The smallest absolute Gasteiger partial charge is 0.165 e. The van der Waals surface area contributed by atoms with Crippen molar-refractivity contribution in [3.63, 3.8) is 0 Å². The van der Waals surface area contributed by atoms with Gasteiger partial charge in [0.1, 0.15) is 30.1 Å². The Balaban J connectivity index is 2.04. The second-order valence-electron chi connectivity index (χ2n) is 4.33. The van der Waals surface area contributed by atoms with Crippen LogP contribution >= 0.6 is 0 Å². The maximum Gasteiger partial charge on any atom is 0.165 e. The first-order valence-corrected chi connectivity index (χ1v) is 6.10. The first-order valence-electron chi connectivity index (χ1n) is 6.10. The van der Waals surface area contributed by atoms with Crippen molar-refractivity contribution in [2.45, 2.75) is 6.10 Å². The lowest BCUT2D eigenvalue weighted by Gasteiger charge is -2.13. The SMILES string of the molecule is COc1ccc(C(O)COc2cc(F)cc(F)c2)cc1F. The molecular formula is C15H13F3O3. The van der Waals surface area contributed by atoms with Crippen LogP contribution in [0, 0.1) is 17.5 Å². The van der Waals surface area contributed by atoms with E-state index in [2.05, 4.69) is 0 Å². The van der Waals surface area contributed by atoms with E-state index in [-0.39, 0.29) is 23.7 Å². The summed E-state index contributed by atoms with van der Waals surface area (Å²) in [5.41, 5.74) is 0.269. The number of rotatable bonds is 5. The zero-order valence-corrected chi connectivity index (χ0v) is 11.1. The van der Waals surface area contributed by atoms with Crippen molar-refractivity contribution in [3.05, 3.63) is 59.4 Å². The first-order chi connectivity index (χ1) is 9.99. The average molecular weight is 298 g/mol. The van der Waals surface area contributed by atoms with E-state index in [1.54, 1.807) is 0 Å². The van der Waals surface area contributed by atoms with Crippen LogP contribution in [0.25, 0.3) is 0 Å². The second-order valence-corrected chi connectivity index (χ2v) is 4.33. The molecule has 1 unspecified atom stereocenters. The van der Waals surface area contributed by atoms with Crippen LogP contribution < -0.4 is 9.47 Å². The molecule has 0 radical (unpaired) electrons. The van der Waals surface area contributed by atoms with Gasteiger partial charge < -0.3 is 14.6 Å². The molecule has 2 aromatic rings. The molecule has 112 valence electrons. The minimum atomic E-state index is -1.14. The number of halogens is 3. The third kappa shape index (κ3) is 3.88. The predicted octanol–water partition coefficient (Wildman–Crippen LogP) is 3.22. The average Bonchev–Trinajstić information content (AvgIpc) is 2.43. The topological polar surface area (TPSA) is 38.7 Å². The molecule has 6 heteroatoms. The Morgan fingerprint density at radius 1 is 1.05 bits per heavy atom. The maximum atomic E-state index is 13.5. The second kappa shape index (κ2) is 6.49. The summed E-state index contributed by atoms with van der Waals surface area (Å²) < 4.78 is 49.3. The lowest BCUT2D eigenvalue weighted by molar-refractivity contribution is 0.107. The van der Waals surface area contributed by atoms with E-state index in [1.165, 1.54) is 19.2 Å². The van der Waals surface area contributed by atoms with Crippen LogP contribution in [-0.4, -0.2) is 18.8 Å². The van der Waals surface area contributed by atoms with E-state index in [4.69, 9.17) is 9.47 Å². The van der Waals surface area contributed by atoms with E-state index < -0.39 is 23.6 Å². The fourth-order valence-corrected chi connectivity index (χ4v) is 1.77. The Bertz CT molecular complexity index is 611. The van der Waals surface area contributed by atoms with E-state index in [1.807, 2.05) is 0 Å². The number of ether oxygens (including phenoxy) is 2. The Labute approximate surface area is 119 Å². The highest BCUT2D eigenvalue weighted by atomic mass is 19.1. The highest BCUT2D eigenvalue weighted by molar-refractivity contribution is 5.30. The minimum Gasteiger partial charge on any atom is -0.494 e. The predicted molar refractivity (Wildman–Crippen MR) is 69.8 cm³/mol. The molecule has 0 aliphatic heterocycles. The van der Waals surface area contributed by atoms with E-state index >= 15 is 0 Å². The third-order valence-electron chi connectivity index (χ3n) is 2.80. The van der Waals surface area contributed by atoms with Crippen LogP contribution in [0.4, 0.5) is 13.2 Å². The Morgan fingerprint density at radius 3 is 2.29 bits per heavy atom. The molecule has 1 atom stereocenters. The van der Waals surface area contributed by atoms with Crippen molar-refractivity contribution in [1.82, 2.24) is 0 Å². The van der Waals surface area contributed by atoms with Crippen molar-refractivity contribution in [3.8, 4) is 11.5 Å². The first kappa shape index (κ1) is 15.2. The summed E-state index contributed by atoms with van der Waals surface area (Å²) in [4.78, 5) is 0. The van der Waals surface area contributed by atoms with Crippen LogP contribution in [0.5, 0.6) is 11.5 Å². The number of aliphatic hydroxyl groups excluding tert-OH is 1. The van der Waals surface area contributed by atoms with Crippen molar-refractivity contribution in [1.29, 1.82) is 0 Å². The lowest BCUT2D eigenvalue weighted by Crippen LogP contribution is -2.10. The summed E-state index contributed by atoms with van der Waals surface area (Å²) in [6, 6.07) is 6.65. The third-order valence-corrected chi connectivity index (χ3v) is 2.80. The van der Waals surface area contributed by atoms with Crippen molar-refractivity contribution >= 4 is 0 Å². The number of aliphatic hydroxyl groups is 1. The molecule has 0 aliphatic carbocycles. The molecule has 0 spiro atoms. The maximum absolute atomic E-state index is 13.5. The fraction of sp³-hybridized carbons (Fsp3) is 0.200. The fourth-order valence-electron chi connectivity index (χ4n) is 1.77. The molecular weight excluding hydrogens is 285 g/mol. The molecule has 1 N–H and O–H groups in total. The lowest BCUT2D eigenvalue weighted by atomic mass is 10.1. The Hall–Kier alpha value is -2.21. The van der Waals surface area contributed by atoms with E-state index in [0.29, 0.717) is 6.07 Å². The van der Waals surface area contributed by atoms with Gasteiger partial charge in [0.15, 0.2) is 11.6 Å². The van der Waals surface area contributed by atoms with Gasteiger partial charge in [-0.2, -0.15) is 0 Å². The molecule has 0 saturated carbocycles. The summed E-state index contributed by atoms with van der Waals surface area (Å²) >= 11 is 0. The van der Waals surface area contributed by atoms with Gasteiger partial charge in [0, 0.05) is 18.2 Å². The number of methoxy groups -OCH3 is 1. The van der Waals surface area contributed by atoms with Crippen molar-refractivity contribution in [2.24, 2.45) is 0 Å². The molecule has 21 heavy (non-hydrogen) atoms. The molecule has 0 bridgehead atoms. The van der Waals surface area contributed by atoms with Crippen LogP contribution in [0.15, 0.2) is 36.4 Å². The van der Waals surface area contributed by atoms with E-state index in [9.17, 15) is 18.3 Å². The number of hydrogen-bond donors (Lipinski definition) is 1. The summed E-state index contributed by atoms with van der Waals surface area (Å²) in [5.74, 6) is -2.18. The molecule has 0 fully saturated rings. The van der Waals surface area contributed by atoms with Gasteiger partial charge in [-0.1, -0.05) is 6.07 Å². The van der Waals surface area contributed by atoms with Gasteiger partial charge in [-0.05, 0) is 17.7 Å². The van der Waals surface area contributed by atoms with Crippen LogP contribution in [0.3, 0.4) is 0 Å². The Morgan fingerprint density at radius 2 is 1.71 bits per heavy atom. The molecule has 0 aliphatic rings. The summed E-state index contributed by atoms with van der Waals surface area (Å²) in [6.07, 6.45) is -1.14. The van der Waals surface area contributed by atoms with Gasteiger partial charge in [0.2, 0.25) is 0 Å². The van der Waals surface area contributed by atoms with Gasteiger partial charge in [-0.15, -0.1) is 0 Å². The van der Waals surface area contributed by atoms with Gasteiger partial charge >= 0.3 is 0 Å². The number of benzene rings is 2. The van der Waals surface area contributed by atoms with Gasteiger partial charge in [0.25, 0.3) is 0 Å². The molecule has 0 amide bonds. The monoisotopic (exact) mass is 298 g/mol. The molecule has 2 aromatic carbocycles. The number of hydrogen-bond acceptors (Lipinski definition) is 3. The van der Waals surface area contributed by atoms with Gasteiger partial charge in [-0.3, -0.25) is 0 Å². The standard InChI is InChI=1S/C15H13F3O3/c1-20-15-3-2-9(4-13(15)18)14(19)8-21-12-6-10(16)5-11(17)7-12/h2-7,14,19H,8H2,1H3. The zero-order valence-electron chi connectivity index (χ0n) is 11.1. The van der Waals surface area contributed by atoms with Crippen LogP contribution in [0.1, 0.15) is 11.7 Å². The summed E-state index contributed by atoms with van der Waals surface area (Å²) in [6.45, 7) is -0.269. The summed E-state index contributed by atoms with van der Waals surface area (Å²) in [5, 5.41) is 9.89. The zero-order chi connectivity index (χ0) is 15.4. The quantitative estimate of drug-likeness (QED) is 0.921. The van der Waals surface area contributed by atoms with Gasteiger partial charge in [0.05, 0.1) is 7.11 Å². The highest BCUT2D eigenvalue weighted by Crippen LogP contribution is 2.23. The minimum absolute atomic E-state index is 0.0547. The molecule has 0 aromatic heterocycles. The Kier molecular flexibility index (Phi) is 4.70. The van der Waals surface area contributed by atoms with Crippen LogP contribution in [-0.2, 0) is 0 Å². The molecule has 0 heterocycles. The van der Waals surface area contributed by atoms with Crippen molar-refractivity contribution < 1.29 is 27.8 Å². The largest absolute Gasteiger partial charge is 0.494 e. The van der Waals surface area contributed by atoms with Crippen molar-refractivity contribution in [2.75, 3.05) is 13.7 Å². The van der Waals surface area contributed by atoms with Crippen LogP contribution in [0.2, 0.25) is 0 Å². The van der Waals surface area contributed by atoms with E-state index in [0.717, 1.165) is 18.2 Å². The van der Waals surface area contributed by atoms with Gasteiger partial charge in [-0.25, -0.2) is 13.2 Å². The highest BCUT2D eigenvalue weighted by Gasteiger charge is 2.12. The molecule has 2 rings (SSSR count). The normalized spacial score (nSPS) is 12.0.